The molecule has 0 atom stereocenters. The first kappa shape index (κ1) is 11.7. The fourth-order valence-corrected chi connectivity index (χ4v) is 1.86. The lowest BCUT2D eigenvalue weighted by Gasteiger charge is -2.06. The zero-order chi connectivity index (χ0) is 12.6. The van der Waals surface area contributed by atoms with Gasteiger partial charge in [-0.2, -0.15) is 13.2 Å². The molecule has 0 amide bonds. The highest BCUT2D eigenvalue weighted by Crippen LogP contribution is 2.32. The van der Waals surface area contributed by atoms with E-state index < -0.39 is 11.7 Å². The third-order valence-electron chi connectivity index (χ3n) is 2.76. The van der Waals surface area contributed by atoms with Crippen LogP contribution in [0, 0.1) is 0 Å². The highest BCUT2D eigenvalue weighted by Gasteiger charge is 2.30. The fourth-order valence-electron chi connectivity index (χ4n) is 1.86. The van der Waals surface area contributed by atoms with Crippen LogP contribution in [-0.2, 0) is 24.4 Å². The monoisotopic (exact) mass is 241 g/mol. The number of alkyl halides is 3. The lowest BCUT2D eigenvalue weighted by molar-refractivity contribution is -0.137. The molecule has 17 heavy (non-hydrogen) atoms. The van der Waals surface area contributed by atoms with Gasteiger partial charge in [-0.25, -0.2) is 0 Å². The Morgan fingerprint density at radius 1 is 1.29 bits per heavy atom. The maximum atomic E-state index is 12.5. The van der Waals surface area contributed by atoms with Crippen LogP contribution in [-0.4, -0.2) is 10.9 Å². The number of aryl methyl sites for hydroxylation is 1. The number of nitrogens with zero attached hydrogens (tertiary/aromatic N) is 1. The minimum Gasteiger partial charge on any atom is -0.347 e. The van der Waals surface area contributed by atoms with Gasteiger partial charge >= 0.3 is 6.18 Å². The molecule has 2 nitrogen and oxygen atoms in total. The second-order valence-electron chi connectivity index (χ2n) is 3.84. The van der Waals surface area contributed by atoms with E-state index >= 15 is 0 Å². The number of hydrogen-bond donors (Lipinski definition) is 0. The number of carbonyl (C=O) groups is 1. The minimum atomic E-state index is -4.34. The predicted octanol–water partition coefficient (Wildman–Crippen LogP) is 2.94. The summed E-state index contributed by atoms with van der Waals surface area (Å²) >= 11 is 0. The Bertz CT molecular complexity index is 569. The topological polar surface area (TPSA) is 22.0 Å². The summed E-state index contributed by atoms with van der Waals surface area (Å²) in [5, 5.41) is 0.499. The highest BCUT2D eigenvalue weighted by atomic mass is 19.4. The Balaban J connectivity index is 2.59. The van der Waals surface area contributed by atoms with Gasteiger partial charge in [-0.05, 0) is 24.3 Å². The molecule has 0 aliphatic rings. The van der Waals surface area contributed by atoms with Crippen LogP contribution < -0.4 is 0 Å². The summed E-state index contributed by atoms with van der Waals surface area (Å²) in [7, 11) is 1.73. The Morgan fingerprint density at radius 3 is 2.59 bits per heavy atom. The lowest BCUT2D eigenvalue weighted by Crippen LogP contribution is -2.04. The molecule has 5 heteroatoms. The van der Waals surface area contributed by atoms with E-state index in [4.69, 9.17) is 0 Å². The number of halogens is 3. The van der Waals surface area contributed by atoms with Crippen LogP contribution in [0.5, 0.6) is 0 Å². The Kier molecular flexibility index (Phi) is 2.69. The average Bonchev–Trinajstić information content (AvgIpc) is 2.55. The van der Waals surface area contributed by atoms with Crippen molar-refractivity contribution in [2.45, 2.75) is 12.6 Å². The van der Waals surface area contributed by atoms with Crippen LogP contribution in [0.2, 0.25) is 0 Å². The van der Waals surface area contributed by atoms with E-state index in [-0.39, 0.29) is 6.42 Å². The van der Waals surface area contributed by atoms with Crippen LogP contribution >= 0.6 is 0 Å². The third kappa shape index (κ3) is 2.05. The highest BCUT2D eigenvalue weighted by molar-refractivity contribution is 5.83. The van der Waals surface area contributed by atoms with Crippen molar-refractivity contribution in [1.29, 1.82) is 0 Å². The predicted molar refractivity (Wildman–Crippen MR) is 57.7 cm³/mol. The van der Waals surface area contributed by atoms with Crippen LogP contribution in [0.25, 0.3) is 10.9 Å². The molecule has 0 saturated heterocycles. The summed E-state index contributed by atoms with van der Waals surface area (Å²) in [6.45, 7) is 0. The van der Waals surface area contributed by atoms with Gasteiger partial charge in [-0.1, -0.05) is 0 Å². The van der Waals surface area contributed by atoms with E-state index in [1.807, 2.05) is 0 Å². The Labute approximate surface area is 95.7 Å². The molecule has 0 bridgehead atoms. The largest absolute Gasteiger partial charge is 0.416 e. The van der Waals surface area contributed by atoms with Gasteiger partial charge in [0.25, 0.3) is 0 Å². The molecule has 2 rings (SSSR count). The molecule has 0 saturated carbocycles. The molecule has 0 spiro atoms. The number of benzene rings is 1. The molecule has 0 fully saturated rings. The van der Waals surface area contributed by atoms with E-state index in [9.17, 15) is 18.0 Å². The average molecular weight is 241 g/mol. The minimum absolute atomic E-state index is 0.201. The molecular weight excluding hydrogens is 231 g/mol. The van der Waals surface area contributed by atoms with Crippen molar-refractivity contribution < 1.29 is 18.0 Å². The number of carbonyl (C=O) groups excluding carboxylic acids is 1. The maximum absolute atomic E-state index is 12.5. The van der Waals surface area contributed by atoms with E-state index in [1.54, 1.807) is 17.7 Å². The van der Waals surface area contributed by atoms with E-state index in [0.29, 0.717) is 16.6 Å². The molecule has 0 aliphatic heterocycles. The first-order valence-corrected chi connectivity index (χ1v) is 5.02. The normalized spacial score (nSPS) is 12.0. The molecule has 0 N–H and O–H groups in total. The quantitative estimate of drug-likeness (QED) is 0.741. The van der Waals surface area contributed by atoms with Crippen LogP contribution in [0.15, 0.2) is 24.3 Å². The number of rotatable bonds is 2. The van der Waals surface area contributed by atoms with Gasteiger partial charge in [0.1, 0.15) is 6.29 Å². The summed E-state index contributed by atoms with van der Waals surface area (Å²) in [6.07, 6.45) is -3.40. The van der Waals surface area contributed by atoms with E-state index in [0.717, 1.165) is 18.4 Å². The van der Waals surface area contributed by atoms with Gasteiger partial charge in [0.15, 0.2) is 0 Å². The molecule has 2 aromatic rings. The summed E-state index contributed by atoms with van der Waals surface area (Å²) in [4.78, 5) is 10.4. The van der Waals surface area contributed by atoms with Crippen LogP contribution in [0.1, 0.15) is 11.3 Å². The lowest BCUT2D eigenvalue weighted by atomic mass is 10.1. The van der Waals surface area contributed by atoms with E-state index in [2.05, 4.69) is 0 Å². The van der Waals surface area contributed by atoms with Crippen molar-refractivity contribution in [3.63, 3.8) is 0 Å². The van der Waals surface area contributed by atoms with Crippen LogP contribution in [0.3, 0.4) is 0 Å². The fraction of sp³-hybridized carbons (Fsp3) is 0.250. The standard InChI is InChI=1S/C12H10F3NO/c1-16-10(4-5-17)7-8-6-9(12(13,14)15)2-3-11(8)16/h2-3,5-7H,4H2,1H3. The van der Waals surface area contributed by atoms with Gasteiger partial charge in [-0.15, -0.1) is 0 Å². The van der Waals surface area contributed by atoms with Gasteiger partial charge in [0, 0.05) is 30.1 Å². The molecule has 0 unspecified atom stereocenters. The van der Waals surface area contributed by atoms with Crippen LogP contribution in [0.4, 0.5) is 13.2 Å². The zero-order valence-corrected chi connectivity index (χ0v) is 9.08. The molecule has 1 aromatic carbocycles. The maximum Gasteiger partial charge on any atom is 0.416 e. The zero-order valence-electron chi connectivity index (χ0n) is 9.08. The Morgan fingerprint density at radius 2 is 2.00 bits per heavy atom. The van der Waals surface area contributed by atoms with Crippen molar-refractivity contribution in [2.75, 3.05) is 0 Å². The summed E-state index contributed by atoms with van der Waals surface area (Å²) < 4.78 is 39.3. The third-order valence-corrected chi connectivity index (χ3v) is 2.76. The molecule has 1 heterocycles. The number of aldehydes is 1. The van der Waals surface area contributed by atoms with Crippen molar-refractivity contribution >= 4 is 17.2 Å². The summed E-state index contributed by atoms with van der Waals surface area (Å²) in [5.41, 5.74) is 0.720. The first-order chi connectivity index (χ1) is 7.93. The molecule has 0 radical (unpaired) electrons. The molecule has 1 aromatic heterocycles. The van der Waals surface area contributed by atoms with Gasteiger partial charge < -0.3 is 9.36 Å². The van der Waals surface area contributed by atoms with Gasteiger partial charge in [0.05, 0.1) is 5.56 Å². The summed E-state index contributed by atoms with van der Waals surface area (Å²) in [5.74, 6) is 0. The number of hydrogen-bond acceptors (Lipinski definition) is 1. The van der Waals surface area contributed by atoms with Crippen molar-refractivity contribution in [3.05, 3.63) is 35.5 Å². The smallest absolute Gasteiger partial charge is 0.347 e. The molecule has 90 valence electrons. The van der Waals surface area contributed by atoms with Gasteiger partial charge in [0.2, 0.25) is 0 Å². The molecule has 0 aliphatic carbocycles. The van der Waals surface area contributed by atoms with Gasteiger partial charge in [-0.3, -0.25) is 0 Å². The SMILES string of the molecule is Cn1c(CC=O)cc2cc(C(F)(F)F)ccc21. The van der Waals surface area contributed by atoms with Crippen molar-refractivity contribution in [1.82, 2.24) is 4.57 Å². The Hall–Kier alpha value is -1.78. The first-order valence-electron chi connectivity index (χ1n) is 5.02. The van der Waals surface area contributed by atoms with E-state index in [1.165, 1.54) is 6.07 Å². The second kappa shape index (κ2) is 3.91. The van der Waals surface area contributed by atoms with Crippen molar-refractivity contribution in [2.24, 2.45) is 7.05 Å². The second-order valence-corrected chi connectivity index (χ2v) is 3.84. The number of aromatic nitrogens is 1. The number of fused-ring (bicyclic) bond motifs is 1. The van der Waals surface area contributed by atoms with Crippen molar-refractivity contribution in [3.8, 4) is 0 Å². The molecular formula is C12H10F3NO. The summed E-state index contributed by atoms with van der Waals surface area (Å²) in [6, 6.07) is 5.18.